The average Bonchev–Trinajstić information content (AvgIpc) is 3.18. The number of nitrogens with zero attached hydrogens (tertiary/aromatic N) is 5. The molecule has 1 amide bonds. The van der Waals surface area contributed by atoms with Crippen LogP contribution >= 0.6 is 11.6 Å². The zero-order valence-corrected chi connectivity index (χ0v) is 13.6. The number of hydrogen-bond donors (Lipinski definition) is 1. The number of carbonyl (C=O) groups excluding carboxylic acids is 1. The van der Waals surface area contributed by atoms with Gasteiger partial charge in [-0.1, -0.05) is 18.5 Å². The molecule has 7 nitrogen and oxygen atoms in total. The molecule has 1 aromatic carbocycles. The maximum atomic E-state index is 12.6. The van der Waals surface area contributed by atoms with E-state index in [0.717, 1.165) is 12.0 Å². The Morgan fingerprint density at radius 3 is 2.78 bits per heavy atom. The van der Waals surface area contributed by atoms with Crippen LogP contribution in [-0.4, -0.2) is 50.1 Å². The van der Waals surface area contributed by atoms with Gasteiger partial charge in [-0.05, 0) is 42.3 Å². The van der Waals surface area contributed by atoms with Crippen molar-refractivity contribution in [3.63, 3.8) is 0 Å². The van der Waals surface area contributed by atoms with E-state index in [9.17, 15) is 4.79 Å². The molecule has 0 radical (unpaired) electrons. The lowest BCUT2D eigenvalue weighted by Gasteiger charge is -2.21. The van der Waals surface area contributed by atoms with Crippen molar-refractivity contribution < 1.29 is 4.79 Å². The number of carbonyl (C=O) groups is 1. The van der Waals surface area contributed by atoms with Crippen LogP contribution in [0.4, 0.5) is 0 Å². The molecule has 1 saturated heterocycles. The summed E-state index contributed by atoms with van der Waals surface area (Å²) in [5, 5.41) is 13.1. The first-order valence-electron chi connectivity index (χ1n) is 7.68. The van der Waals surface area contributed by atoms with E-state index in [1.54, 1.807) is 17.0 Å². The first-order valence-corrected chi connectivity index (χ1v) is 8.06. The highest BCUT2D eigenvalue weighted by Gasteiger charge is 2.31. The van der Waals surface area contributed by atoms with Gasteiger partial charge in [-0.3, -0.25) is 4.79 Å². The lowest BCUT2D eigenvalue weighted by Crippen LogP contribution is -2.38. The van der Waals surface area contributed by atoms with E-state index in [-0.39, 0.29) is 11.9 Å². The van der Waals surface area contributed by atoms with Crippen LogP contribution in [0.5, 0.6) is 0 Å². The van der Waals surface area contributed by atoms with E-state index in [0.29, 0.717) is 30.4 Å². The third kappa shape index (κ3) is 3.35. The second kappa shape index (κ2) is 6.64. The fraction of sp³-hybridized carbons (Fsp3) is 0.467. The summed E-state index contributed by atoms with van der Waals surface area (Å²) < 4.78 is 0. The van der Waals surface area contributed by atoms with Crippen molar-refractivity contribution in [2.24, 2.45) is 5.73 Å². The number of benzene rings is 1. The molecule has 2 heterocycles. The number of amides is 1. The molecule has 0 spiro atoms. The molecule has 8 heteroatoms. The average molecular weight is 335 g/mol. The molecule has 1 aliphatic heterocycles. The zero-order valence-electron chi connectivity index (χ0n) is 12.9. The van der Waals surface area contributed by atoms with Gasteiger partial charge >= 0.3 is 0 Å². The summed E-state index contributed by atoms with van der Waals surface area (Å²) in [4.78, 5) is 15.8. The van der Waals surface area contributed by atoms with Gasteiger partial charge in [-0.25, -0.2) is 0 Å². The molecule has 2 atom stereocenters. The van der Waals surface area contributed by atoms with Gasteiger partial charge in [0.05, 0.1) is 0 Å². The SMILES string of the molecule is CCC(C(=O)N1CCC(N)C1)n1nnc(-c2ccc(Cl)cc2)n1. The lowest BCUT2D eigenvalue weighted by atomic mass is 10.2. The normalized spacial score (nSPS) is 19.1. The zero-order chi connectivity index (χ0) is 16.4. The minimum atomic E-state index is -0.450. The Balaban J connectivity index is 1.79. The minimum Gasteiger partial charge on any atom is -0.339 e. The summed E-state index contributed by atoms with van der Waals surface area (Å²) in [5.74, 6) is 0.478. The van der Waals surface area contributed by atoms with Gasteiger partial charge in [0.1, 0.15) is 0 Å². The van der Waals surface area contributed by atoms with E-state index in [4.69, 9.17) is 17.3 Å². The largest absolute Gasteiger partial charge is 0.339 e. The van der Waals surface area contributed by atoms with Crippen molar-refractivity contribution in [2.75, 3.05) is 13.1 Å². The summed E-state index contributed by atoms with van der Waals surface area (Å²) in [5.41, 5.74) is 6.69. The molecule has 1 aliphatic rings. The monoisotopic (exact) mass is 334 g/mol. The summed E-state index contributed by atoms with van der Waals surface area (Å²) in [6.07, 6.45) is 1.43. The third-order valence-electron chi connectivity index (χ3n) is 4.02. The smallest absolute Gasteiger partial charge is 0.249 e. The summed E-state index contributed by atoms with van der Waals surface area (Å²) in [7, 11) is 0. The van der Waals surface area contributed by atoms with Gasteiger partial charge in [-0.2, -0.15) is 4.80 Å². The molecule has 1 aromatic heterocycles. The number of tetrazole rings is 1. The molecule has 122 valence electrons. The number of halogens is 1. The van der Waals surface area contributed by atoms with Crippen LogP contribution in [0, 0.1) is 0 Å². The lowest BCUT2D eigenvalue weighted by molar-refractivity contribution is -0.134. The van der Waals surface area contributed by atoms with Gasteiger partial charge in [0.15, 0.2) is 6.04 Å². The number of rotatable bonds is 4. The molecule has 0 aliphatic carbocycles. The van der Waals surface area contributed by atoms with E-state index in [1.165, 1.54) is 4.80 Å². The van der Waals surface area contributed by atoms with Crippen LogP contribution in [0.1, 0.15) is 25.8 Å². The molecule has 0 saturated carbocycles. The van der Waals surface area contributed by atoms with E-state index in [2.05, 4.69) is 15.4 Å². The minimum absolute atomic E-state index is 0.000469. The molecule has 2 unspecified atom stereocenters. The predicted octanol–water partition coefficient (Wildman–Crippen LogP) is 1.50. The molecule has 1 fully saturated rings. The highest BCUT2D eigenvalue weighted by molar-refractivity contribution is 6.30. The van der Waals surface area contributed by atoms with Gasteiger partial charge in [0, 0.05) is 29.7 Å². The fourth-order valence-electron chi connectivity index (χ4n) is 2.71. The van der Waals surface area contributed by atoms with E-state index >= 15 is 0 Å². The maximum absolute atomic E-state index is 12.6. The Morgan fingerprint density at radius 1 is 1.43 bits per heavy atom. The van der Waals surface area contributed by atoms with Crippen LogP contribution in [0.15, 0.2) is 24.3 Å². The molecule has 0 bridgehead atoms. The Bertz CT molecular complexity index is 686. The summed E-state index contributed by atoms with van der Waals surface area (Å²) in [6, 6.07) is 6.80. The van der Waals surface area contributed by atoms with Gasteiger partial charge < -0.3 is 10.6 Å². The van der Waals surface area contributed by atoms with Gasteiger partial charge in [-0.15, -0.1) is 10.2 Å². The van der Waals surface area contributed by atoms with Crippen LogP contribution in [0.2, 0.25) is 5.02 Å². The Hall–Kier alpha value is -1.99. The highest BCUT2D eigenvalue weighted by Crippen LogP contribution is 2.20. The quantitative estimate of drug-likeness (QED) is 0.915. The number of nitrogens with two attached hydrogens (primary N) is 1. The molecule has 3 rings (SSSR count). The van der Waals surface area contributed by atoms with Crippen LogP contribution < -0.4 is 5.73 Å². The van der Waals surface area contributed by atoms with Crippen molar-refractivity contribution in [2.45, 2.75) is 31.8 Å². The van der Waals surface area contributed by atoms with Crippen LogP contribution in [-0.2, 0) is 4.79 Å². The van der Waals surface area contributed by atoms with Crippen LogP contribution in [0.3, 0.4) is 0 Å². The summed E-state index contributed by atoms with van der Waals surface area (Å²) >= 11 is 5.88. The van der Waals surface area contributed by atoms with Gasteiger partial charge in [0.25, 0.3) is 0 Å². The van der Waals surface area contributed by atoms with Crippen LogP contribution in [0.25, 0.3) is 11.4 Å². The molecular weight excluding hydrogens is 316 g/mol. The Kier molecular flexibility index (Phi) is 4.58. The third-order valence-corrected chi connectivity index (χ3v) is 4.27. The van der Waals surface area contributed by atoms with Crippen molar-refractivity contribution in [3.8, 4) is 11.4 Å². The summed E-state index contributed by atoms with van der Waals surface area (Å²) in [6.45, 7) is 3.22. The van der Waals surface area contributed by atoms with Gasteiger partial charge in [0.2, 0.25) is 11.7 Å². The number of likely N-dealkylation sites (tertiary alicyclic amines) is 1. The maximum Gasteiger partial charge on any atom is 0.249 e. The van der Waals surface area contributed by atoms with Crippen molar-refractivity contribution in [1.29, 1.82) is 0 Å². The topological polar surface area (TPSA) is 89.9 Å². The Labute approximate surface area is 139 Å². The highest BCUT2D eigenvalue weighted by atomic mass is 35.5. The molecule has 23 heavy (non-hydrogen) atoms. The number of aromatic nitrogens is 4. The second-order valence-electron chi connectivity index (χ2n) is 5.70. The second-order valence-corrected chi connectivity index (χ2v) is 6.13. The van der Waals surface area contributed by atoms with E-state index < -0.39 is 6.04 Å². The van der Waals surface area contributed by atoms with E-state index in [1.807, 2.05) is 19.1 Å². The first-order chi connectivity index (χ1) is 11.1. The van der Waals surface area contributed by atoms with Crippen molar-refractivity contribution in [1.82, 2.24) is 25.1 Å². The molecule has 2 N–H and O–H groups in total. The molecular formula is C15H19ClN6O. The standard InChI is InChI=1S/C15H19ClN6O/c1-2-13(15(23)21-8-7-12(17)9-21)22-19-14(18-20-22)10-3-5-11(16)6-4-10/h3-6,12-13H,2,7-9,17H2,1H3. The predicted molar refractivity (Wildman–Crippen MR) is 86.8 cm³/mol. The van der Waals surface area contributed by atoms with Crippen molar-refractivity contribution >= 4 is 17.5 Å². The molecule has 2 aromatic rings. The first kappa shape index (κ1) is 15.9. The number of hydrogen-bond acceptors (Lipinski definition) is 5. The fourth-order valence-corrected chi connectivity index (χ4v) is 2.83. The Morgan fingerprint density at radius 2 is 2.17 bits per heavy atom. The van der Waals surface area contributed by atoms with Crippen molar-refractivity contribution in [3.05, 3.63) is 29.3 Å².